The molecule has 0 bridgehead atoms. The number of ether oxygens (including phenoxy) is 1. The van der Waals surface area contributed by atoms with Crippen LogP contribution < -0.4 is 24.8 Å². The van der Waals surface area contributed by atoms with Gasteiger partial charge in [-0.15, -0.1) is 10.2 Å². The van der Waals surface area contributed by atoms with E-state index in [1.54, 1.807) is 17.0 Å². The van der Waals surface area contributed by atoms with E-state index in [0.29, 0.717) is 42.2 Å². The molecule has 4 aromatic rings. The van der Waals surface area contributed by atoms with Crippen molar-refractivity contribution in [3.05, 3.63) is 83.6 Å². The maximum Gasteiger partial charge on any atom is 0.255 e. The van der Waals surface area contributed by atoms with Crippen molar-refractivity contribution < 1.29 is 24.2 Å². The molecule has 0 aliphatic carbocycles. The third kappa shape index (κ3) is 6.97. The minimum absolute atomic E-state index is 0.0578. The monoisotopic (exact) mass is 759 g/mol. The van der Waals surface area contributed by atoms with Crippen molar-refractivity contribution in [3.8, 4) is 22.9 Å². The number of carbonyl (C=O) groups excluding carboxylic acids is 3. The summed E-state index contributed by atoms with van der Waals surface area (Å²) >= 11 is 0. The normalized spacial score (nSPS) is 23.2. The molecule has 5 aliphatic heterocycles. The number of fused-ring (bicyclic) bond motifs is 4. The molecule has 2 N–H and O–H groups in total. The summed E-state index contributed by atoms with van der Waals surface area (Å²) in [5, 5.41) is 21.8. The number of aromatic hydroxyl groups is 1. The summed E-state index contributed by atoms with van der Waals surface area (Å²) in [6, 6.07) is 18.7. The van der Waals surface area contributed by atoms with Crippen molar-refractivity contribution in [2.45, 2.75) is 70.8 Å². The van der Waals surface area contributed by atoms with E-state index >= 15 is 0 Å². The smallest absolute Gasteiger partial charge is 0.255 e. The van der Waals surface area contributed by atoms with Gasteiger partial charge in [0.1, 0.15) is 17.9 Å². The van der Waals surface area contributed by atoms with Crippen LogP contribution in [0, 0.1) is 0 Å². The highest BCUT2D eigenvalue weighted by Crippen LogP contribution is 2.45. The fourth-order valence-electron chi connectivity index (χ4n) is 8.87. The van der Waals surface area contributed by atoms with Crippen LogP contribution in [0.15, 0.2) is 66.9 Å². The fraction of sp³-hybridized carbons (Fsp3) is 0.429. The molecule has 14 heteroatoms. The van der Waals surface area contributed by atoms with Crippen LogP contribution in [0.2, 0.25) is 0 Å². The standard InChI is InChI=1S/C40H43N9O5.C2H6/c1-40-19-28(23-49(40)33-18-31(29-5-3-4-6-34(29)50)43-44-37(33)45(2)24-40)54-36-12-7-25(20-41-36)21-46-13-15-47(16-14-46)27-9-8-26-22-48(39(53)30(26)17-27)32-10-11-35(51)42-38(32)52;1-2/h3-9,12,17-18,20,28,32,50H,10-11,13-16,19,21-24H2,1-2H3,(H,42,51,52);1-2H3. The van der Waals surface area contributed by atoms with Gasteiger partial charge in [-0.2, -0.15) is 0 Å². The first kappa shape index (κ1) is 37.2. The van der Waals surface area contributed by atoms with Crippen molar-refractivity contribution in [1.82, 2.24) is 30.3 Å². The highest BCUT2D eigenvalue weighted by molar-refractivity contribution is 6.05. The number of para-hydroxylation sites is 1. The van der Waals surface area contributed by atoms with E-state index < -0.39 is 11.9 Å². The Labute approximate surface area is 327 Å². The Hall–Kier alpha value is -5.76. The second-order valence-corrected chi connectivity index (χ2v) is 15.4. The average Bonchev–Trinajstić information content (AvgIpc) is 3.71. The lowest BCUT2D eigenvalue weighted by atomic mass is 9.94. The van der Waals surface area contributed by atoms with Gasteiger partial charge in [-0.05, 0) is 54.8 Å². The van der Waals surface area contributed by atoms with Crippen LogP contribution in [0.1, 0.15) is 61.5 Å². The lowest BCUT2D eigenvalue weighted by molar-refractivity contribution is -0.136. The molecule has 0 spiro atoms. The van der Waals surface area contributed by atoms with E-state index in [0.717, 1.165) is 74.0 Å². The van der Waals surface area contributed by atoms with Crippen molar-refractivity contribution in [1.29, 1.82) is 0 Å². The number of hydrogen-bond acceptors (Lipinski definition) is 12. The summed E-state index contributed by atoms with van der Waals surface area (Å²) in [7, 11) is 2.04. The zero-order valence-electron chi connectivity index (χ0n) is 32.4. The number of aromatic nitrogens is 3. The van der Waals surface area contributed by atoms with E-state index in [1.165, 1.54) is 0 Å². The summed E-state index contributed by atoms with van der Waals surface area (Å²) in [5.41, 5.74) is 5.78. The summed E-state index contributed by atoms with van der Waals surface area (Å²) in [6.45, 7) is 12.3. The Kier molecular flexibility index (Phi) is 10.00. The molecule has 3 saturated heterocycles. The Bertz CT molecular complexity index is 2140. The molecule has 3 unspecified atom stereocenters. The summed E-state index contributed by atoms with van der Waals surface area (Å²) < 4.78 is 6.49. The molecule has 7 heterocycles. The maximum atomic E-state index is 13.3. The number of likely N-dealkylation sites (N-methyl/N-ethyl adjacent to an activating group) is 1. The number of nitrogens with zero attached hydrogens (tertiary/aromatic N) is 8. The van der Waals surface area contributed by atoms with Crippen LogP contribution in [-0.2, 0) is 22.7 Å². The minimum Gasteiger partial charge on any atom is -0.507 e. The van der Waals surface area contributed by atoms with Gasteiger partial charge in [0.05, 0.1) is 23.5 Å². The molecule has 56 heavy (non-hydrogen) atoms. The molecule has 3 fully saturated rings. The van der Waals surface area contributed by atoms with E-state index in [2.05, 4.69) is 54.2 Å². The molecule has 0 radical (unpaired) electrons. The van der Waals surface area contributed by atoms with Gasteiger partial charge in [0.2, 0.25) is 17.7 Å². The fourth-order valence-corrected chi connectivity index (χ4v) is 8.87. The van der Waals surface area contributed by atoms with Gasteiger partial charge in [-0.1, -0.05) is 38.1 Å². The van der Waals surface area contributed by atoms with Crippen LogP contribution >= 0.6 is 0 Å². The van der Waals surface area contributed by atoms with Crippen molar-refractivity contribution in [2.75, 3.05) is 61.0 Å². The molecule has 2 aromatic carbocycles. The summed E-state index contributed by atoms with van der Waals surface area (Å²) in [6.07, 6.45) is 3.28. The van der Waals surface area contributed by atoms with Gasteiger partial charge in [0.15, 0.2) is 5.82 Å². The van der Waals surface area contributed by atoms with Crippen LogP contribution in [0.4, 0.5) is 17.2 Å². The molecule has 3 atom stereocenters. The molecule has 14 nitrogen and oxygen atoms in total. The van der Waals surface area contributed by atoms with Crippen LogP contribution in [0.3, 0.4) is 0 Å². The number of piperidine rings is 1. The molecule has 5 aliphatic rings. The summed E-state index contributed by atoms with van der Waals surface area (Å²) in [4.78, 5) is 52.9. The van der Waals surface area contributed by atoms with E-state index in [9.17, 15) is 19.5 Å². The molecule has 3 amide bonds. The molecular formula is C42H49N9O5. The number of pyridine rings is 1. The van der Waals surface area contributed by atoms with Gasteiger partial charge >= 0.3 is 0 Å². The van der Waals surface area contributed by atoms with Crippen molar-refractivity contribution in [2.24, 2.45) is 0 Å². The van der Waals surface area contributed by atoms with E-state index in [-0.39, 0.29) is 35.6 Å². The number of piperazine rings is 1. The SMILES string of the molecule is CC.CN1CC2(C)CC(Oc3ccc(CN4CCN(c5ccc6c(c5)C(=O)N(C5CCC(=O)NC5=O)C6)CC4)cn3)CN2c2cc(-c3ccccc3O)nnc21. The highest BCUT2D eigenvalue weighted by Gasteiger charge is 2.48. The predicted molar refractivity (Wildman–Crippen MR) is 213 cm³/mol. The average molecular weight is 760 g/mol. The Balaban J connectivity index is 0.00000217. The number of rotatable bonds is 7. The number of phenolic OH excluding ortho intramolecular Hbond substituents is 1. The van der Waals surface area contributed by atoms with E-state index in [4.69, 9.17) is 9.72 Å². The maximum absolute atomic E-state index is 13.3. The lowest BCUT2D eigenvalue weighted by Gasteiger charge is -2.45. The minimum atomic E-state index is -0.610. The van der Waals surface area contributed by atoms with Crippen molar-refractivity contribution in [3.63, 3.8) is 0 Å². The number of amides is 3. The number of hydrogen-bond donors (Lipinski definition) is 2. The number of phenols is 1. The third-order valence-electron chi connectivity index (χ3n) is 11.6. The van der Waals surface area contributed by atoms with Gasteiger partial charge in [-0.3, -0.25) is 24.6 Å². The van der Waals surface area contributed by atoms with E-state index in [1.807, 2.05) is 63.5 Å². The quantitative estimate of drug-likeness (QED) is 0.260. The second kappa shape index (κ2) is 15.1. The first-order valence-corrected chi connectivity index (χ1v) is 19.6. The molecular weight excluding hydrogens is 711 g/mol. The molecule has 0 saturated carbocycles. The number of benzene rings is 2. The lowest BCUT2D eigenvalue weighted by Crippen LogP contribution is -2.53. The zero-order chi connectivity index (χ0) is 39.1. The van der Waals surface area contributed by atoms with Gasteiger partial charge < -0.3 is 29.4 Å². The zero-order valence-corrected chi connectivity index (χ0v) is 32.4. The largest absolute Gasteiger partial charge is 0.507 e. The molecule has 2 aromatic heterocycles. The Morgan fingerprint density at radius 2 is 1.77 bits per heavy atom. The van der Waals surface area contributed by atoms with Gasteiger partial charge in [-0.25, -0.2) is 4.98 Å². The topological polar surface area (TPSA) is 148 Å². The van der Waals surface area contributed by atoms with Crippen molar-refractivity contribution >= 4 is 34.9 Å². The first-order valence-electron chi connectivity index (χ1n) is 19.6. The van der Waals surface area contributed by atoms with Crippen LogP contribution in [0.25, 0.3) is 11.3 Å². The van der Waals surface area contributed by atoms with Gasteiger partial charge in [0.25, 0.3) is 5.91 Å². The highest BCUT2D eigenvalue weighted by atomic mass is 16.5. The first-order chi connectivity index (χ1) is 27.1. The van der Waals surface area contributed by atoms with Crippen LogP contribution in [0.5, 0.6) is 11.6 Å². The number of anilines is 3. The number of nitrogens with one attached hydrogen (secondary N) is 1. The second-order valence-electron chi connectivity index (χ2n) is 15.4. The number of imide groups is 1. The Morgan fingerprint density at radius 1 is 0.964 bits per heavy atom. The van der Waals surface area contributed by atoms with Gasteiger partial charge in [0, 0.05) is 94.8 Å². The predicted octanol–water partition coefficient (Wildman–Crippen LogP) is 4.22. The number of carbonyl (C=O) groups is 3. The summed E-state index contributed by atoms with van der Waals surface area (Å²) in [5.74, 6) is 0.775. The Morgan fingerprint density at radius 3 is 2.52 bits per heavy atom. The molecule has 9 rings (SSSR count). The third-order valence-corrected chi connectivity index (χ3v) is 11.6. The van der Waals surface area contributed by atoms with Crippen LogP contribution in [-0.4, -0.2) is 112 Å². The molecule has 292 valence electrons.